The van der Waals surface area contributed by atoms with E-state index in [2.05, 4.69) is 10.3 Å². The Morgan fingerprint density at radius 2 is 2.27 bits per heavy atom. The maximum atomic E-state index is 12.6. The maximum Gasteiger partial charge on any atom is 0.244 e. The molecule has 5 heteroatoms. The lowest BCUT2D eigenvalue weighted by atomic mass is 9.91. The zero-order chi connectivity index (χ0) is 15.6. The fourth-order valence-electron chi connectivity index (χ4n) is 2.97. The van der Waals surface area contributed by atoms with Crippen LogP contribution in [0.4, 0.5) is 0 Å². The highest BCUT2D eigenvalue weighted by atomic mass is 16.5. The SMILES string of the molecule is COc1cccc2c1CCC2(N)C(=O)NCc1cccnc1. The van der Waals surface area contributed by atoms with Gasteiger partial charge < -0.3 is 15.8 Å². The number of nitrogens with two attached hydrogens (primary N) is 1. The summed E-state index contributed by atoms with van der Waals surface area (Å²) in [5, 5.41) is 2.92. The van der Waals surface area contributed by atoms with E-state index in [1.54, 1.807) is 19.5 Å². The standard InChI is InChI=1S/C17H19N3O2/c1-22-15-6-2-5-14-13(15)7-8-17(14,18)16(21)20-11-12-4-3-9-19-10-12/h2-6,9-10H,7-8,11,18H2,1H3,(H,20,21). The molecule has 1 aliphatic carbocycles. The zero-order valence-corrected chi connectivity index (χ0v) is 12.5. The summed E-state index contributed by atoms with van der Waals surface area (Å²) in [5.41, 5.74) is 8.26. The first-order chi connectivity index (χ1) is 10.6. The first kappa shape index (κ1) is 14.5. The van der Waals surface area contributed by atoms with Crippen molar-refractivity contribution in [3.05, 3.63) is 59.4 Å². The van der Waals surface area contributed by atoms with Gasteiger partial charge in [-0.3, -0.25) is 9.78 Å². The summed E-state index contributed by atoms with van der Waals surface area (Å²) in [6, 6.07) is 9.45. The van der Waals surface area contributed by atoms with Gasteiger partial charge in [-0.2, -0.15) is 0 Å². The summed E-state index contributed by atoms with van der Waals surface area (Å²) in [4.78, 5) is 16.6. The lowest BCUT2D eigenvalue weighted by molar-refractivity contribution is -0.126. The zero-order valence-electron chi connectivity index (χ0n) is 12.5. The number of carbonyl (C=O) groups excluding carboxylic acids is 1. The fraction of sp³-hybridized carbons (Fsp3) is 0.294. The molecule has 3 rings (SSSR count). The number of pyridine rings is 1. The number of nitrogens with zero attached hydrogens (tertiary/aromatic N) is 1. The van der Waals surface area contributed by atoms with Crippen molar-refractivity contribution in [1.82, 2.24) is 10.3 Å². The second-order valence-electron chi connectivity index (χ2n) is 5.50. The number of ether oxygens (including phenoxy) is 1. The van der Waals surface area contributed by atoms with Crippen LogP contribution in [0.1, 0.15) is 23.1 Å². The third kappa shape index (κ3) is 2.44. The van der Waals surface area contributed by atoms with Gasteiger partial charge in [-0.05, 0) is 41.7 Å². The lowest BCUT2D eigenvalue weighted by Crippen LogP contribution is -2.49. The van der Waals surface area contributed by atoms with E-state index >= 15 is 0 Å². The van der Waals surface area contributed by atoms with Crippen molar-refractivity contribution in [1.29, 1.82) is 0 Å². The number of aromatic nitrogens is 1. The molecule has 3 N–H and O–H groups in total. The molecular weight excluding hydrogens is 278 g/mol. The smallest absolute Gasteiger partial charge is 0.244 e. The van der Waals surface area contributed by atoms with Crippen LogP contribution in [0.3, 0.4) is 0 Å². The number of nitrogens with one attached hydrogen (secondary N) is 1. The van der Waals surface area contributed by atoms with Crippen LogP contribution in [0.2, 0.25) is 0 Å². The van der Waals surface area contributed by atoms with Crippen LogP contribution >= 0.6 is 0 Å². The van der Waals surface area contributed by atoms with Gasteiger partial charge in [0.2, 0.25) is 5.91 Å². The van der Waals surface area contributed by atoms with Gasteiger partial charge in [0, 0.05) is 18.9 Å². The van der Waals surface area contributed by atoms with E-state index in [1.807, 2.05) is 30.3 Å². The number of methoxy groups -OCH3 is 1. The first-order valence-electron chi connectivity index (χ1n) is 7.27. The average Bonchev–Trinajstić information content (AvgIpc) is 2.92. The Bertz CT molecular complexity index is 688. The number of benzene rings is 1. The number of hydrogen-bond donors (Lipinski definition) is 2. The largest absolute Gasteiger partial charge is 0.496 e. The predicted molar refractivity (Wildman–Crippen MR) is 83.3 cm³/mol. The van der Waals surface area contributed by atoms with E-state index in [-0.39, 0.29) is 5.91 Å². The van der Waals surface area contributed by atoms with Crippen LogP contribution in [0.25, 0.3) is 0 Å². The topological polar surface area (TPSA) is 77.2 Å². The molecule has 1 heterocycles. The van der Waals surface area contributed by atoms with Crippen LogP contribution in [-0.4, -0.2) is 18.0 Å². The van der Waals surface area contributed by atoms with E-state index in [4.69, 9.17) is 10.5 Å². The Labute approximate surface area is 129 Å². The van der Waals surface area contributed by atoms with Gasteiger partial charge in [0.25, 0.3) is 0 Å². The Kier molecular flexibility index (Phi) is 3.81. The van der Waals surface area contributed by atoms with Gasteiger partial charge >= 0.3 is 0 Å². The van der Waals surface area contributed by atoms with E-state index in [1.165, 1.54) is 0 Å². The normalized spacial score (nSPS) is 19.5. The van der Waals surface area contributed by atoms with E-state index in [0.717, 1.165) is 28.9 Å². The van der Waals surface area contributed by atoms with Gasteiger partial charge in [-0.1, -0.05) is 18.2 Å². The van der Waals surface area contributed by atoms with Crippen molar-refractivity contribution in [3.8, 4) is 5.75 Å². The van der Waals surface area contributed by atoms with Crippen LogP contribution in [-0.2, 0) is 23.3 Å². The molecule has 5 nitrogen and oxygen atoms in total. The third-order valence-corrected chi connectivity index (χ3v) is 4.18. The molecule has 0 saturated heterocycles. The molecule has 0 radical (unpaired) electrons. The fourth-order valence-corrected chi connectivity index (χ4v) is 2.97. The minimum Gasteiger partial charge on any atom is -0.496 e. The molecule has 0 fully saturated rings. The van der Waals surface area contributed by atoms with Gasteiger partial charge in [-0.15, -0.1) is 0 Å². The van der Waals surface area contributed by atoms with Crippen molar-refractivity contribution < 1.29 is 9.53 Å². The number of hydrogen-bond acceptors (Lipinski definition) is 4. The molecule has 2 aromatic rings. The molecule has 1 aliphatic rings. The van der Waals surface area contributed by atoms with Gasteiger partial charge in [0.15, 0.2) is 0 Å². The number of carbonyl (C=O) groups is 1. The Hall–Kier alpha value is -2.40. The number of fused-ring (bicyclic) bond motifs is 1. The van der Waals surface area contributed by atoms with Crippen LogP contribution in [0.5, 0.6) is 5.75 Å². The number of rotatable bonds is 4. The summed E-state index contributed by atoms with van der Waals surface area (Å²) in [6.45, 7) is 0.422. The molecule has 1 amide bonds. The van der Waals surface area contributed by atoms with Crippen molar-refractivity contribution in [2.45, 2.75) is 24.9 Å². The molecule has 22 heavy (non-hydrogen) atoms. The molecule has 0 aliphatic heterocycles. The van der Waals surface area contributed by atoms with Crippen LogP contribution < -0.4 is 15.8 Å². The summed E-state index contributed by atoms with van der Waals surface area (Å²) in [6.07, 6.45) is 4.77. The van der Waals surface area contributed by atoms with E-state index < -0.39 is 5.54 Å². The maximum absolute atomic E-state index is 12.6. The minimum absolute atomic E-state index is 0.164. The molecule has 114 valence electrons. The molecular formula is C17H19N3O2. The number of amides is 1. The molecule has 1 aromatic carbocycles. The van der Waals surface area contributed by atoms with Gasteiger partial charge in [0.05, 0.1) is 7.11 Å². The van der Waals surface area contributed by atoms with Gasteiger partial charge in [0.1, 0.15) is 11.3 Å². The molecule has 1 aromatic heterocycles. The van der Waals surface area contributed by atoms with E-state index in [0.29, 0.717) is 13.0 Å². The highest BCUT2D eigenvalue weighted by molar-refractivity contribution is 5.89. The average molecular weight is 297 g/mol. The third-order valence-electron chi connectivity index (χ3n) is 4.18. The van der Waals surface area contributed by atoms with Gasteiger partial charge in [-0.25, -0.2) is 0 Å². The Morgan fingerprint density at radius 1 is 1.41 bits per heavy atom. The molecule has 1 unspecified atom stereocenters. The van der Waals surface area contributed by atoms with Crippen molar-refractivity contribution in [2.75, 3.05) is 7.11 Å². The second kappa shape index (κ2) is 5.77. The summed E-state index contributed by atoms with van der Waals surface area (Å²) < 4.78 is 5.36. The Balaban J connectivity index is 1.79. The van der Waals surface area contributed by atoms with E-state index in [9.17, 15) is 4.79 Å². The van der Waals surface area contributed by atoms with Crippen LogP contribution in [0, 0.1) is 0 Å². The second-order valence-corrected chi connectivity index (χ2v) is 5.50. The van der Waals surface area contributed by atoms with Crippen molar-refractivity contribution >= 4 is 5.91 Å². The quantitative estimate of drug-likeness (QED) is 0.896. The summed E-state index contributed by atoms with van der Waals surface area (Å²) in [5.74, 6) is 0.633. The summed E-state index contributed by atoms with van der Waals surface area (Å²) >= 11 is 0. The summed E-state index contributed by atoms with van der Waals surface area (Å²) in [7, 11) is 1.63. The Morgan fingerprint density at radius 3 is 3.00 bits per heavy atom. The van der Waals surface area contributed by atoms with Crippen molar-refractivity contribution in [2.24, 2.45) is 5.73 Å². The molecule has 0 saturated carbocycles. The monoisotopic (exact) mass is 297 g/mol. The molecule has 0 bridgehead atoms. The van der Waals surface area contributed by atoms with Crippen molar-refractivity contribution in [3.63, 3.8) is 0 Å². The molecule has 0 spiro atoms. The molecule has 1 atom stereocenters. The lowest BCUT2D eigenvalue weighted by Gasteiger charge is -2.24. The minimum atomic E-state index is -0.994. The predicted octanol–water partition coefficient (Wildman–Crippen LogP) is 1.51. The van der Waals surface area contributed by atoms with Crippen LogP contribution in [0.15, 0.2) is 42.7 Å². The highest BCUT2D eigenvalue weighted by Crippen LogP contribution is 2.39. The highest BCUT2D eigenvalue weighted by Gasteiger charge is 2.42. The first-order valence-corrected chi connectivity index (χ1v) is 7.27.